The van der Waals surface area contributed by atoms with Gasteiger partial charge in [-0.05, 0) is 60.4 Å². The SMILES string of the molecule is COC(=O)C12Cc3cnn(-c4ccc(F)c(F)c4)c3C=C1CCN(S(=O)(=O)c1ccc(Cl)c(Cl)c1)C2. The number of carbonyl (C=O) groups excluding carboxylic acids is 1. The highest BCUT2D eigenvalue weighted by Crippen LogP contribution is 2.46. The van der Waals surface area contributed by atoms with E-state index in [0.717, 1.165) is 12.1 Å². The molecule has 1 atom stereocenters. The molecule has 2 heterocycles. The average molecular weight is 554 g/mol. The predicted molar refractivity (Wildman–Crippen MR) is 129 cm³/mol. The Kier molecular flexibility index (Phi) is 6.19. The number of hydrogen-bond donors (Lipinski definition) is 0. The van der Waals surface area contributed by atoms with Crippen LogP contribution in [-0.2, 0) is 26.0 Å². The van der Waals surface area contributed by atoms with Crippen molar-refractivity contribution in [2.45, 2.75) is 17.7 Å². The number of rotatable bonds is 4. The first-order valence-corrected chi connectivity index (χ1v) is 13.0. The van der Waals surface area contributed by atoms with Crippen LogP contribution in [0, 0.1) is 17.0 Å². The zero-order valence-electron chi connectivity index (χ0n) is 18.8. The molecule has 1 aliphatic carbocycles. The second-order valence-electron chi connectivity index (χ2n) is 8.65. The Bertz CT molecular complexity index is 1540. The number of fused-ring (bicyclic) bond motifs is 2. The van der Waals surface area contributed by atoms with Gasteiger partial charge in [-0.1, -0.05) is 23.2 Å². The van der Waals surface area contributed by atoms with Crippen LogP contribution in [0.25, 0.3) is 11.8 Å². The van der Waals surface area contributed by atoms with Crippen molar-refractivity contribution >= 4 is 45.3 Å². The molecule has 3 aromatic rings. The molecule has 0 spiro atoms. The third kappa shape index (κ3) is 3.92. The molecule has 0 amide bonds. The lowest BCUT2D eigenvalue weighted by Crippen LogP contribution is -2.53. The summed E-state index contributed by atoms with van der Waals surface area (Å²) in [4.78, 5) is 13.1. The highest BCUT2D eigenvalue weighted by molar-refractivity contribution is 7.89. The van der Waals surface area contributed by atoms with Crippen molar-refractivity contribution in [2.75, 3.05) is 20.2 Å². The molecule has 188 valence electrons. The van der Waals surface area contributed by atoms with E-state index in [1.54, 1.807) is 6.08 Å². The van der Waals surface area contributed by atoms with Gasteiger partial charge in [-0.25, -0.2) is 21.9 Å². The number of esters is 1. The first-order valence-electron chi connectivity index (χ1n) is 10.8. The molecule has 12 heteroatoms. The monoisotopic (exact) mass is 553 g/mol. The molecular formula is C24H19Cl2F2N3O4S. The molecule has 0 N–H and O–H groups in total. The molecule has 5 rings (SSSR count). The average Bonchev–Trinajstić information content (AvgIpc) is 3.27. The Balaban J connectivity index is 1.55. The van der Waals surface area contributed by atoms with Gasteiger partial charge in [0.25, 0.3) is 0 Å². The van der Waals surface area contributed by atoms with Crippen LogP contribution >= 0.6 is 23.2 Å². The Morgan fingerprint density at radius 1 is 1.11 bits per heavy atom. The summed E-state index contributed by atoms with van der Waals surface area (Å²) in [5.41, 5.74) is 0.966. The van der Waals surface area contributed by atoms with Gasteiger partial charge in [0, 0.05) is 19.2 Å². The number of nitrogens with zero attached hydrogens (tertiary/aromatic N) is 3. The summed E-state index contributed by atoms with van der Waals surface area (Å²) in [5, 5.41) is 4.65. The minimum absolute atomic E-state index is 0.0352. The van der Waals surface area contributed by atoms with E-state index in [9.17, 15) is 22.0 Å². The van der Waals surface area contributed by atoms with Gasteiger partial charge in [-0.2, -0.15) is 9.40 Å². The lowest BCUT2D eigenvalue weighted by atomic mass is 9.69. The maximum atomic E-state index is 13.9. The number of aromatic nitrogens is 2. The highest BCUT2D eigenvalue weighted by atomic mass is 35.5. The molecule has 1 fully saturated rings. The quantitative estimate of drug-likeness (QED) is 0.439. The molecule has 0 bridgehead atoms. The second-order valence-corrected chi connectivity index (χ2v) is 11.4. The number of methoxy groups -OCH3 is 1. The van der Waals surface area contributed by atoms with Gasteiger partial charge in [-0.3, -0.25) is 4.79 Å². The second kappa shape index (κ2) is 8.95. The number of ether oxygens (including phenoxy) is 1. The molecule has 7 nitrogen and oxygen atoms in total. The van der Waals surface area contributed by atoms with Crippen molar-refractivity contribution in [1.82, 2.24) is 14.1 Å². The summed E-state index contributed by atoms with van der Waals surface area (Å²) in [6, 6.07) is 7.50. The zero-order valence-corrected chi connectivity index (χ0v) is 21.2. The lowest BCUT2D eigenvalue weighted by Gasteiger charge is -2.43. The number of sulfonamides is 1. The normalized spacial score (nSPS) is 19.9. The van der Waals surface area contributed by atoms with E-state index in [4.69, 9.17) is 27.9 Å². The molecule has 1 aromatic heterocycles. The smallest absolute Gasteiger partial charge is 0.317 e. The van der Waals surface area contributed by atoms with Crippen molar-refractivity contribution in [3.63, 3.8) is 0 Å². The molecule has 36 heavy (non-hydrogen) atoms. The number of benzene rings is 2. The minimum Gasteiger partial charge on any atom is -0.468 e. The summed E-state index contributed by atoms with van der Waals surface area (Å²) >= 11 is 12.0. The molecular weight excluding hydrogens is 535 g/mol. The van der Waals surface area contributed by atoms with Crippen LogP contribution in [0.4, 0.5) is 8.78 Å². The van der Waals surface area contributed by atoms with Crippen LogP contribution in [0.1, 0.15) is 17.7 Å². The topological polar surface area (TPSA) is 81.5 Å². The van der Waals surface area contributed by atoms with E-state index in [2.05, 4.69) is 5.10 Å². The third-order valence-corrected chi connectivity index (χ3v) is 9.21. The van der Waals surface area contributed by atoms with Crippen LogP contribution in [-0.4, -0.2) is 48.7 Å². The number of carbonyl (C=O) groups is 1. The van der Waals surface area contributed by atoms with Crippen molar-refractivity contribution in [3.05, 3.63) is 81.1 Å². The van der Waals surface area contributed by atoms with Crippen LogP contribution in [0.2, 0.25) is 10.0 Å². The fourth-order valence-corrected chi connectivity index (χ4v) is 6.68. The summed E-state index contributed by atoms with van der Waals surface area (Å²) in [7, 11) is -2.75. The van der Waals surface area contributed by atoms with Crippen LogP contribution < -0.4 is 0 Å². The van der Waals surface area contributed by atoms with Gasteiger partial charge in [0.2, 0.25) is 10.0 Å². The number of hydrogen-bond acceptors (Lipinski definition) is 5. The summed E-state index contributed by atoms with van der Waals surface area (Å²) in [6.07, 6.45) is 3.66. The van der Waals surface area contributed by atoms with Crippen molar-refractivity contribution in [3.8, 4) is 5.69 Å². The Hall–Kier alpha value is -2.79. The molecule has 0 saturated carbocycles. The van der Waals surface area contributed by atoms with Crippen molar-refractivity contribution in [1.29, 1.82) is 0 Å². The first kappa shape index (κ1) is 24.9. The standard InChI is InChI=1S/C24H19Cl2F2N3O4S/c1-35-23(32)24-11-14-12-29-31(16-2-5-20(27)21(28)9-16)22(14)8-15(24)6-7-30(13-24)36(33,34)17-3-4-18(25)19(26)10-17/h2-5,8-10,12H,6-7,11,13H2,1H3. The highest BCUT2D eigenvalue weighted by Gasteiger charge is 2.51. The minimum atomic E-state index is -4.00. The maximum absolute atomic E-state index is 13.9. The predicted octanol–water partition coefficient (Wildman–Crippen LogP) is 4.65. The summed E-state index contributed by atoms with van der Waals surface area (Å²) in [6.45, 7) is -0.0360. The van der Waals surface area contributed by atoms with Gasteiger partial charge in [-0.15, -0.1) is 0 Å². The van der Waals surface area contributed by atoms with E-state index in [1.807, 2.05) is 0 Å². The van der Waals surface area contributed by atoms with E-state index >= 15 is 0 Å². The molecule has 2 aromatic carbocycles. The lowest BCUT2D eigenvalue weighted by molar-refractivity contribution is -0.151. The largest absolute Gasteiger partial charge is 0.468 e. The Labute approximate surface area is 215 Å². The van der Waals surface area contributed by atoms with E-state index < -0.39 is 33.0 Å². The van der Waals surface area contributed by atoms with Gasteiger partial charge in [0.1, 0.15) is 5.41 Å². The summed E-state index contributed by atoms with van der Waals surface area (Å²) < 4.78 is 62.0. The fourth-order valence-electron chi connectivity index (χ4n) is 4.80. The van der Waals surface area contributed by atoms with E-state index in [-0.39, 0.29) is 40.9 Å². The molecule has 1 saturated heterocycles. The van der Waals surface area contributed by atoms with E-state index in [1.165, 1.54) is 46.6 Å². The molecule has 1 unspecified atom stereocenters. The maximum Gasteiger partial charge on any atom is 0.317 e. The number of halogens is 4. The summed E-state index contributed by atoms with van der Waals surface area (Å²) in [5.74, 6) is -2.56. The zero-order chi connectivity index (χ0) is 25.8. The molecule has 0 radical (unpaired) electrons. The fraction of sp³-hybridized carbons (Fsp3) is 0.250. The van der Waals surface area contributed by atoms with Gasteiger partial charge in [0.05, 0.1) is 39.6 Å². The number of piperidine rings is 1. The van der Waals surface area contributed by atoms with Crippen LogP contribution in [0.15, 0.2) is 53.1 Å². The van der Waals surface area contributed by atoms with Gasteiger partial charge >= 0.3 is 5.97 Å². The van der Waals surface area contributed by atoms with Gasteiger partial charge < -0.3 is 4.74 Å². The van der Waals surface area contributed by atoms with Crippen molar-refractivity contribution < 1.29 is 26.7 Å². The Morgan fingerprint density at radius 2 is 1.89 bits per heavy atom. The van der Waals surface area contributed by atoms with Crippen LogP contribution in [0.3, 0.4) is 0 Å². The van der Waals surface area contributed by atoms with Crippen LogP contribution in [0.5, 0.6) is 0 Å². The van der Waals surface area contributed by atoms with Gasteiger partial charge in [0.15, 0.2) is 11.6 Å². The van der Waals surface area contributed by atoms with E-state index in [0.29, 0.717) is 22.5 Å². The molecule has 2 aliphatic rings. The van der Waals surface area contributed by atoms with Crippen molar-refractivity contribution in [2.24, 2.45) is 5.41 Å². The molecule has 1 aliphatic heterocycles. The first-order chi connectivity index (χ1) is 17.1. The third-order valence-electron chi connectivity index (χ3n) is 6.63. The Morgan fingerprint density at radius 3 is 2.58 bits per heavy atom.